The van der Waals surface area contributed by atoms with E-state index < -0.39 is 11.6 Å². The Hall–Kier alpha value is -1.75. The fourth-order valence-electron chi connectivity index (χ4n) is 2.28. The summed E-state index contributed by atoms with van der Waals surface area (Å²) in [6, 6.07) is 3.13. The molecule has 3 nitrogen and oxygen atoms in total. The number of nitrogens with zero attached hydrogens (tertiary/aromatic N) is 1. The summed E-state index contributed by atoms with van der Waals surface area (Å²) in [7, 11) is 0. The first kappa shape index (κ1) is 14.7. The molecular weight excluding hydrogens is 264 g/mol. The van der Waals surface area contributed by atoms with E-state index in [0.29, 0.717) is 18.7 Å². The molecule has 1 aromatic rings. The number of amides is 1. The lowest BCUT2D eigenvalue weighted by Gasteiger charge is -2.30. The van der Waals surface area contributed by atoms with E-state index in [4.69, 9.17) is 5.11 Å². The predicted octanol–water partition coefficient (Wildman–Crippen LogP) is 2.21. The van der Waals surface area contributed by atoms with Crippen LogP contribution in [0, 0.1) is 17.6 Å². The van der Waals surface area contributed by atoms with Crippen molar-refractivity contribution >= 4 is 12.0 Å². The van der Waals surface area contributed by atoms with Crippen molar-refractivity contribution in [2.24, 2.45) is 5.92 Å². The van der Waals surface area contributed by atoms with Crippen LogP contribution >= 0.6 is 0 Å². The number of hydrogen-bond donors (Lipinski definition) is 1. The minimum absolute atomic E-state index is 0.153. The summed E-state index contributed by atoms with van der Waals surface area (Å²) in [5.74, 6) is -1.24. The summed E-state index contributed by atoms with van der Waals surface area (Å²) < 4.78 is 26.0. The van der Waals surface area contributed by atoms with Crippen LogP contribution in [0.2, 0.25) is 0 Å². The van der Waals surface area contributed by atoms with Crippen molar-refractivity contribution < 1.29 is 18.7 Å². The lowest BCUT2D eigenvalue weighted by atomic mass is 9.98. The van der Waals surface area contributed by atoms with Gasteiger partial charge in [-0.2, -0.15) is 0 Å². The van der Waals surface area contributed by atoms with Gasteiger partial charge in [-0.25, -0.2) is 8.78 Å². The Labute approximate surface area is 116 Å². The summed E-state index contributed by atoms with van der Waals surface area (Å²) in [5.41, 5.74) is 0.320. The van der Waals surface area contributed by atoms with Crippen molar-refractivity contribution in [2.75, 3.05) is 19.7 Å². The van der Waals surface area contributed by atoms with Crippen LogP contribution in [-0.2, 0) is 4.79 Å². The summed E-state index contributed by atoms with van der Waals surface area (Å²) in [4.78, 5) is 13.6. The molecule has 1 heterocycles. The summed E-state index contributed by atoms with van der Waals surface area (Å²) >= 11 is 0. The minimum Gasteiger partial charge on any atom is -0.396 e. The van der Waals surface area contributed by atoms with Gasteiger partial charge in [-0.3, -0.25) is 4.79 Å². The third-order valence-corrected chi connectivity index (χ3v) is 3.49. The molecule has 0 spiro atoms. The van der Waals surface area contributed by atoms with Crippen LogP contribution in [0.3, 0.4) is 0 Å². The molecule has 2 rings (SSSR count). The molecule has 108 valence electrons. The van der Waals surface area contributed by atoms with Gasteiger partial charge in [-0.1, -0.05) is 0 Å². The van der Waals surface area contributed by atoms with Crippen LogP contribution in [0.4, 0.5) is 8.78 Å². The molecule has 0 radical (unpaired) electrons. The SMILES string of the molecule is O=C(/C=C/c1cc(F)cc(F)c1)N1CCC(CO)CC1. The normalized spacial score (nSPS) is 16.9. The molecule has 0 aromatic heterocycles. The molecule has 1 fully saturated rings. The second-order valence-corrected chi connectivity index (χ2v) is 4.99. The Balaban J connectivity index is 1.95. The number of halogens is 2. The first-order valence-corrected chi connectivity index (χ1v) is 6.62. The van der Waals surface area contributed by atoms with E-state index in [-0.39, 0.29) is 18.4 Å². The maximum absolute atomic E-state index is 13.0. The number of benzene rings is 1. The van der Waals surface area contributed by atoms with Crippen LogP contribution in [0.5, 0.6) is 0 Å². The Bertz CT molecular complexity index is 488. The number of piperidine rings is 1. The molecule has 20 heavy (non-hydrogen) atoms. The molecule has 1 amide bonds. The molecule has 1 aromatic carbocycles. The number of hydrogen-bond acceptors (Lipinski definition) is 2. The average Bonchev–Trinajstić information content (AvgIpc) is 2.44. The molecule has 1 aliphatic rings. The quantitative estimate of drug-likeness (QED) is 0.863. The van der Waals surface area contributed by atoms with E-state index in [1.807, 2.05) is 0 Å². The van der Waals surface area contributed by atoms with Gasteiger partial charge in [0.1, 0.15) is 11.6 Å². The number of rotatable bonds is 3. The summed E-state index contributed by atoms with van der Waals surface area (Å²) in [6.07, 6.45) is 4.30. The molecule has 0 unspecified atom stereocenters. The first-order valence-electron chi connectivity index (χ1n) is 6.62. The van der Waals surface area contributed by atoms with Crippen LogP contribution in [0.15, 0.2) is 24.3 Å². The average molecular weight is 281 g/mol. The van der Waals surface area contributed by atoms with Gasteiger partial charge in [0.15, 0.2) is 0 Å². The molecule has 1 N–H and O–H groups in total. The Morgan fingerprint density at radius 1 is 1.25 bits per heavy atom. The number of carbonyl (C=O) groups excluding carboxylic acids is 1. The molecule has 0 saturated carbocycles. The van der Waals surface area contributed by atoms with Crippen LogP contribution in [-0.4, -0.2) is 35.6 Å². The molecule has 0 bridgehead atoms. The molecule has 5 heteroatoms. The van der Waals surface area contributed by atoms with Crippen molar-refractivity contribution in [1.82, 2.24) is 4.90 Å². The maximum Gasteiger partial charge on any atom is 0.246 e. The third kappa shape index (κ3) is 3.87. The predicted molar refractivity (Wildman–Crippen MR) is 71.8 cm³/mol. The van der Waals surface area contributed by atoms with Gasteiger partial charge in [0.2, 0.25) is 5.91 Å². The fourth-order valence-corrected chi connectivity index (χ4v) is 2.28. The first-order chi connectivity index (χ1) is 9.58. The van der Waals surface area contributed by atoms with E-state index in [9.17, 15) is 13.6 Å². The van der Waals surface area contributed by atoms with Crippen LogP contribution < -0.4 is 0 Å². The third-order valence-electron chi connectivity index (χ3n) is 3.49. The van der Waals surface area contributed by atoms with Gasteiger partial charge in [0.25, 0.3) is 0 Å². The van der Waals surface area contributed by atoms with E-state index in [1.165, 1.54) is 24.3 Å². The smallest absolute Gasteiger partial charge is 0.246 e. The molecule has 1 saturated heterocycles. The van der Waals surface area contributed by atoms with Crippen molar-refractivity contribution in [3.8, 4) is 0 Å². The topological polar surface area (TPSA) is 40.5 Å². The van der Waals surface area contributed by atoms with Gasteiger partial charge in [0, 0.05) is 31.8 Å². The lowest BCUT2D eigenvalue weighted by molar-refractivity contribution is -0.127. The largest absolute Gasteiger partial charge is 0.396 e. The minimum atomic E-state index is -0.666. The fraction of sp³-hybridized carbons (Fsp3) is 0.400. The lowest BCUT2D eigenvalue weighted by Crippen LogP contribution is -2.38. The second-order valence-electron chi connectivity index (χ2n) is 4.99. The van der Waals surface area contributed by atoms with Gasteiger partial charge in [-0.05, 0) is 42.5 Å². The molecule has 1 aliphatic heterocycles. The van der Waals surface area contributed by atoms with Gasteiger partial charge >= 0.3 is 0 Å². The van der Waals surface area contributed by atoms with Crippen LogP contribution in [0.1, 0.15) is 18.4 Å². The maximum atomic E-state index is 13.0. The highest BCUT2D eigenvalue weighted by atomic mass is 19.1. The summed E-state index contributed by atoms with van der Waals surface area (Å²) in [6.45, 7) is 1.36. The zero-order chi connectivity index (χ0) is 14.5. The standard InChI is InChI=1S/C15H17F2NO2/c16-13-7-12(8-14(17)9-13)1-2-15(20)18-5-3-11(10-19)4-6-18/h1-2,7-9,11,19H,3-6,10H2/b2-1+. The van der Waals surface area contributed by atoms with Crippen molar-refractivity contribution in [3.63, 3.8) is 0 Å². The number of aliphatic hydroxyl groups excluding tert-OH is 1. The monoisotopic (exact) mass is 281 g/mol. The van der Waals surface area contributed by atoms with Crippen molar-refractivity contribution in [2.45, 2.75) is 12.8 Å². The molecule has 0 aliphatic carbocycles. The number of carbonyl (C=O) groups is 1. The highest BCUT2D eigenvalue weighted by Crippen LogP contribution is 2.17. The highest BCUT2D eigenvalue weighted by molar-refractivity contribution is 5.91. The number of aliphatic hydroxyl groups is 1. The van der Waals surface area contributed by atoms with Gasteiger partial charge in [-0.15, -0.1) is 0 Å². The van der Waals surface area contributed by atoms with E-state index >= 15 is 0 Å². The summed E-state index contributed by atoms with van der Waals surface area (Å²) in [5, 5.41) is 9.03. The zero-order valence-electron chi connectivity index (χ0n) is 11.1. The second kappa shape index (κ2) is 6.61. The van der Waals surface area contributed by atoms with E-state index in [2.05, 4.69) is 0 Å². The number of likely N-dealkylation sites (tertiary alicyclic amines) is 1. The zero-order valence-corrected chi connectivity index (χ0v) is 11.1. The van der Waals surface area contributed by atoms with Crippen LogP contribution in [0.25, 0.3) is 6.08 Å². The van der Waals surface area contributed by atoms with E-state index in [1.54, 1.807) is 4.90 Å². The van der Waals surface area contributed by atoms with Gasteiger partial charge < -0.3 is 10.0 Å². The van der Waals surface area contributed by atoms with Crippen molar-refractivity contribution in [3.05, 3.63) is 41.5 Å². The van der Waals surface area contributed by atoms with E-state index in [0.717, 1.165) is 18.9 Å². The van der Waals surface area contributed by atoms with Crippen molar-refractivity contribution in [1.29, 1.82) is 0 Å². The Morgan fingerprint density at radius 3 is 2.40 bits per heavy atom. The van der Waals surface area contributed by atoms with Gasteiger partial charge in [0.05, 0.1) is 0 Å². The Morgan fingerprint density at radius 2 is 1.85 bits per heavy atom. The highest BCUT2D eigenvalue weighted by Gasteiger charge is 2.20. The molecular formula is C15H17F2NO2. The molecule has 0 atom stereocenters. The Kier molecular flexibility index (Phi) is 4.84.